The third-order valence-electron chi connectivity index (χ3n) is 4.02. The van der Waals surface area contributed by atoms with E-state index < -0.39 is 0 Å². The lowest BCUT2D eigenvalue weighted by molar-refractivity contribution is -0.115. The van der Waals surface area contributed by atoms with Crippen molar-refractivity contribution in [1.29, 1.82) is 0 Å². The third kappa shape index (κ3) is 5.28. The maximum Gasteiger partial charge on any atom is 0.237 e. The second-order valence-electron chi connectivity index (χ2n) is 6.15. The number of thioether (sulfide) groups is 1. The van der Waals surface area contributed by atoms with Crippen molar-refractivity contribution in [3.63, 3.8) is 0 Å². The summed E-state index contributed by atoms with van der Waals surface area (Å²) in [5.74, 6) is -0.164. The van der Waals surface area contributed by atoms with E-state index in [1.165, 1.54) is 17.3 Å². The number of amides is 1. The van der Waals surface area contributed by atoms with Crippen LogP contribution in [0.4, 0.5) is 5.69 Å². The fourth-order valence-corrected chi connectivity index (χ4v) is 3.75. The molecule has 0 saturated heterocycles. The molecule has 1 amide bonds. The van der Waals surface area contributed by atoms with Gasteiger partial charge in [-0.25, -0.2) is 4.98 Å². The molecule has 0 bridgehead atoms. The average Bonchev–Trinajstić information content (AvgIpc) is 2.98. The van der Waals surface area contributed by atoms with Crippen molar-refractivity contribution in [2.45, 2.75) is 30.7 Å². The Morgan fingerprint density at radius 3 is 2.70 bits per heavy atom. The van der Waals surface area contributed by atoms with Crippen LogP contribution < -0.4 is 5.32 Å². The van der Waals surface area contributed by atoms with Crippen LogP contribution in [0.1, 0.15) is 23.9 Å². The van der Waals surface area contributed by atoms with E-state index in [0.29, 0.717) is 15.7 Å². The minimum Gasteiger partial charge on any atom is -0.337 e. The van der Waals surface area contributed by atoms with Crippen LogP contribution >= 0.6 is 35.0 Å². The Morgan fingerprint density at radius 2 is 1.96 bits per heavy atom. The number of halogens is 2. The molecule has 1 aromatic heterocycles. The summed E-state index contributed by atoms with van der Waals surface area (Å²) in [7, 11) is 0. The Hall–Kier alpha value is -1.95. The molecule has 1 heterocycles. The lowest BCUT2D eigenvalue weighted by Crippen LogP contribution is -2.22. The number of aromatic nitrogens is 2. The van der Waals surface area contributed by atoms with Gasteiger partial charge in [-0.1, -0.05) is 65.3 Å². The SMILES string of the molecule is Cc1[nH]c(SC(C)C(=O)Nc2cc(Cl)ccc2Cl)nc1Cc1ccccc1. The van der Waals surface area contributed by atoms with Gasteiger partial charge < -0.3 is 10.3 Å². The number of aryl methyl sites for hydroxylation is 1. The number of anilines is 1. The summed E-state index contributed by atoms with van der Waals surface area (Å²) in [5, 5.41) is 4.15. The van der Waals surface area contributed by atoms with Crippen LogP contribution in [-0.4, -0.2) is 21.1 Å². The van der Waals surface area contributed by atoms with E-state index in [1.54, 1.807) is 18.2 Å². The first kappa shape index (κ1) is 19.8. The number of benzene rings is 2. The van der Waals surface area contributed by atoms with Gasteiger partial charge in [0.05, 0.1) is 21.7 Å². The highest BCUT2D eigenvalue weighted by Gasteiger charge is 2.18. The topological polar surface area (TPSA) is 57.8 Å². The van der Waals surface area contributed by atoms with E-state index in [2.05, 4.69) is 27.4 Å². The van der Waals surface area contributed by atoms with Gasteiger partial charge in [0.1, 0.15) is 0 Å². The van der Waals surface area contributed by atoms with Crippen LogP contribution in [0.25, 0.3) is 0 Å². The highest BCUT2D eigenvalue weighted by Crippen LogP contribution is 2.28. The number of hydrogen-bond acceptors (Lipinski definition) is 3. The fraction of sp³-hybridized carbons (Fsp3) is 0.200. The maximum absolute atomic E-state index is 12.5. The second-order valence-corrected chi connectivity index (χ2v) is 8.32. The molecule has 4 nitrogen and oxygen atoms in total. The number of imidazole rings is 1. The quantitative estimate of drug-likeness (QED) is 0.501. The first-order valence-corrected chi connectivity index (χ1v) is 10.1. The Labute approximate surface area is 172 Å². The van der Waals surface area contributed by atoms with Crippen molar-refractivity contribution in [2.24, 2.45) is 0 Å². The minimum absolute atomic E-state index is 0.164. The van der Waals surface area contributed by atoms with Crippen molar-refractivity contribution in [2.75, 3.05) is 5.32 Å². The molecular weight excluding hydrogens is 401 g/mol. The monoisotopic (exact) mass is 419 g/mol. The molecule has 3 aromatic rings. The standard InChI is InChI=1S/C20H19Cl2N3OS/c1-12-17(10-14-6-4-3-5-7-14)25-20(23-12)27-13(2)19(26)24-18-11-15(21)8-9-16(18)22/h3-9,11,13H,10H2,1-2H3,(H,23,25)(H,24,26). The Bertz CT molecular complexity index is 944. The summed E-state index contributed by atoms with van der Waals surface area (Å²) in [5.41, 5.74) is 3.69. The van der Waals surface area contributed by atoms with Crippen molar-refractivity contribution < 1.29 is 4.79 Å². The van der Waals surface area contributed by atoms with Crippen LogP contribution in [0.5, 0.6) is 0 Å². The molecule has 0 spiro atoms. The number of carbonyl (C=O) groups excluding carboxylic acids is 1. The highest BCUT2D eigenvalue weighted by molar-refractivity contribution is 8.00. The smallest absolute Gasteiger partial charge is 0.237 e. The maximum atomic E-state index is 12.5. The van der Waals surface area contributed by atoms with Crippen molar-refractivity contribution in [3.8, 4) is 0 Å². The number of H-pyrrole nitrogens is 1. The number of aromatic amines is 1. The fourth-order valence-electron chi connectivity index (χ4n) is 2.53. The molecule has 3 rings (SSSR count). The molecule has 1 atom stereocenters. The summed E-state index contributed by atoms with van der Waals surface area (Å²) < 4.78 is 0. The summed E-state index contributed by atoms with van der Waals surface area (Å²) in [4.78, 5) is 20.4. The minimum atomic E-state index is -0.352. The van der Waals surface area contributed by atoms with Crippen molar-refractivity contribution in [3.05, 3.63) is 75.5 Å². The summed E-state index contributed by atoms with van der Waals surface area (Å²) in [6.07, 6.45) is 0.752. The van der Waals surface area contributed by atoms with E-state index >= 15 is 0 Å². The predicted molar refractivity (Wildman–Crippen MR) is 113 cm³/mol. The van der Waals surface area contributed by atoms with Gasteiger partial charge in [-0.2, -0.15) is 0 Å². The molecule has 0 radical (unpaired) electrons. The molecule has 27 heavy (non-hydrogen) atoms. The van der Waals surface area contributed by atoms with E-state index in [0.717, 1.165) is 23.0 Å². The lowest BCUT2D eigenvalue weighted by Gasteiger charge is -2.12. The highest BCUT2D eigenvalue weighted by atomic mass is 35.5. The van der Waals surface area contributed by atoms with Crippen molar-refractivity contribution >= 4 is 46.6 Å². The molecule has 7 heteroatoms. The Kier molecular flexibility index (Phi) is 6.47. The summed E-state index contributed by atoms with van der Waals surface area (Å²) >= 11 is 13.4. The number of nitrogens with zero attached hydrogens (tertiary/aromatic N) is 1. The zero-order valence-corrected chi connectivity index (χ0v) is 17.3. The number of hydrogen-bond donors (Lipinski definition) is 2. The molecule has 1 unspecified atom stereocenters. The van der Waals surface area contributed by atoms with E-state index in [1.807, 2.05) is 32.0 Å². The molecule has 0 saturated carbocycles. The first-order chi connectivity index (χ1) is 12.9. The summed E-state index contributed by atoms with van der Waals surface area (Å²) in [6, 6.07) is 15.1. The lowest BCUT2D eigenvalue weighted by atomic mass is 10.1. The molecule has 0 aliphatic heterocycles. The van der Waals surface area contributed by atoms with Gasteiger partial charge in [0.15, 0.2) is 5.16 Å². The average molecular weight is 420 g/mol. The molecule has 2 aromatic carbocycles. The van der Waals surface area contributed by atoms with Gasteiger partial charge in [0.25, 0.3) is 0 Å². The van der Waals surface area contributed by atoms with E-state index in [4.69, 9.17) is 23.2 Å². The van der Waals surface area contributed by atoms with Gasteiger partial charge in [0.2, 0.25) is 5.91 Å². The van der Waals surface area contributed by atoms with Crippen LogP contribution in [-0.2, 0) is 11.2 Å². The van der Waals surface area contributed by atoms with Gasteiger partial charge in [0, 0.05) is 17.1 Å². The zero-order chi connectivity index (χ0) is 19.4. The Morgan fingerprint density at radius 1 is 1.22 bits per heavy atom. The van der Waals surface area contributed by atoms with E-state index in [9.17, 15) is 4.79 Å². The zero-order valence-electron chi connectivity index (χ0n) is 14.9. The first-order valence-electron chi connectivity index (χ1n) is 8.44. The van der Waals surface area contributed by atoms with Crippen LogP contribution in [0.2, 0.25) is 10.0 Å². The number of nitrogens with one attached hydrogen (secondary N) is 2. The molecular formula is C20H19Cl2N3OS. The van der Waals surface area contributed by atoms with Crippen LogP contribution in [0.3, 0.4) is 0 Å². The normalized spacial score (nSPS) is 12.0. The Balaban J connectivity index is 1.65. The van der Waals surface area contributed by atoms with Gasteiger partial charge >= 0.3 is 0 Å². The van der Waals surface area contributed by atoms with Gasteiger partial charge in [-0.15, -0.1) is 0 Å². The molecule has 2 N–H and O–H groups in total. The van der Waals surface area contributed by atoms with Crippen LogP contribution in [0.15, 0.2) is 53.7 Å². The molecule has 0 fully saturated rings. The molecule has 0 aliphatic carbocycles. The van der Waals surface area contributed by atoms with Gasteiger partial charge in [-0.05, 0) is 37.6 Å². The second kappa shape index (κ2) is 8.83. The number of carbonyl (C=O) groups is 1. The predicted octanol–water partition coefficient (Wildman–Crippen LogP) is 5.74. The van der Waals surface area contributed by atoms with Crippen molar-refractivity contribution in [1.82, 2.24) is 9.97 Å². The van der Waals surface area contributed by atoms with Gasteiger partial charge in [-0.3, -0.25) is 4.79 Å². The van der Waals surface area contributed by atoms with Crippen LogP contribution in [0, 0.1) is 6.92 Å². The molecule has 0 aliphatic rings. The number of rotatable bonds is 6. The largest absolute Gasteiger partial charge is 0.337 e. The summed E-state index contributed by atoms with van der Waals surface area (Å²) in [6.45, 7) is 3.82. The third-order valence-corrected chi connectivity index (χ3v) is 5.57. The van der Waals surface area contributed by atoms with E-state index in [-0.39, 0.29) is 11.2 Å². The molecule has 140 valence electrons.